The summed E-state index contributed by atoms with van der Waals surface area (Å²) in [5, 5.41) is 2.96. The van der Waals surface area contributed by atoms with E-state index in [1.807, 2.05) is 35.8 Å². The van der Waals surface area contributed by atoms with Crippen molar-refractivity contribution in [2.24, 2.45) is 0 Å². The number of amides is 2. The van der Waals surface area contributed by atoms with Crippen LogP contribution in [0.4, 0.5) is 0 Å². The van der Waals surface area contributed by atoms with Gasteiger partial charge < -0.3 is 14.8 Å². The van der Waals surface area contributed by atoms with Gasteiger partial charge in [-0.2, -0.15) is 0 Å². The van der Waals surface area contributed by atoms with E-state index in [1.54, 1.807) is 41.6 Å². The van der Waals surface area contributed by atoms with E-state index in [-0.39, 0.29) is 18.4 Å². The van der Waals surface area contributed by atoms with Crippen LogP contribution in [0.15, 0.2) is 74.1 Å². The van der Waals surface area contributed by atoms with Crippen LogP contribution in [0.3, 0.4) is 0 Å². The van der Waals surface area contributed by atoms with Gasteiger partial charge in [0.15, 0.2) is 0 Å². The van der Waals surface area contributed by atoms with Crippen molar-refractivity contribution in [2.75, 3.05) is 13.1 Å². The van der Waals surface area contributed by atoms with Crippen LogP contribution in [-0.4, -0.2) is 44.3 Å². The van der Waals surface area contributed by atoms with Crippen molar-refractivity contribution in [2.45, 2.75) is 19.5 Å². The Labute approximate surface area is 175 Å². The van der Waals surface area contributed by atoms with E-state index < -0.39 is 6.04 Å². The third-order valence-corrected chi connectivity index (χ3v) is 4.71. The van der Waals surface area contributed by atoms with Crippen LogP contribution in [0.25, 0.3) is 11.0 Å². The van der Waals surface area contributed by atoms with Gasteiger partial charge in [0.05, 0.1) is 17.1 Å². The van der Waals surface area contributed by atoms with Gasteiger partial charge in [-0.15, -0.1) is 13.2 Å². The van der Waals surface area contributed by atoms with Crippen LogP contribution in [0.2, 0.25) is 0 Å². The Morgan fingerprint density at radius 2 is 1.80 bits per heavy atom. The van der Waals surface area contributed by atoms with Gasteiger partial charge in [-0.3, -0.25) is 14.6 Å². The highest BCUT2D eigenvalue weighted by Gasteiger charge is 2.22. The molecule has 0 radical (unpaired) electrons. The van der Waals surface area contributed by atoms with Gasteiger partial charge in [0.25, 0.3) is 5.91 Å². The Morgan fingerprint density at radius 3 is 2.47 bits per heavy atom. The van der Waals surface area contributed by atoms with Crippen molar-refractivity contribution in [1.29, 1.82) is 0 Å². The molecule has 2 heterocycles. The number of hydrogen-bond acceptors (Lipinski definition) is 4. The summed E-state index contributed by atoms with van der Waals surface area (Å²) in [6.07, 6.45) is 6.51. The highest BCUT2D eigenvalue weighted by molar-refractivity contribution is 5.94. The minimum Gasteiger partial charge on any atom is -0.342 e. The second-order valence-corrected chi connectivity index (χ2v) is 6.85. The molecule has 0 saturated heterocycles. The van der Waals surface area contributed by atoms with Crippen LogP contribution < -0.4 is 5.32 Å². The first-order valence-corrected chi connectivity index (χ1v) is 9.70. The fourth-order valence-corrected chi connectivity index (χ4v) is 3.26. The molecule has 30 heavy (non-hydrogen) atoms. The smallest absolute Gasteiger partial charge is 0.251 e. The van der Waals surface area contributed by atoms with Gasteiger partial charge in [0.1, 0.15) is 12.4 Å². The third kappa shape index (κ3) is 4.63. The zero-order valence-electron chi connectivity index (χ0n) is 17.0. The summed E-state index contributed by atoms with van der Waals surface area (Å²) in [5.74, 6) is 0.311. The second-order valence-electron chi connectivity index (χ2n) is 6.85. The fourth-order valence-electron chi connectivity index (χ4n) is 3.26. The molecular weight excluding hydrogens is 378 g/mol. The minimum absolute atomic E-state index is 0.0770. The summed E-state index contributed by atoms with van der Waals surface area (Å²) in [6.45, 7) is 10.3. The van der Waals surface area contributed by atoms with Crippen molar-refractivity contribution < 1.29 is 9.59 Å². The average molecular weight is 403 g/mol. The van der Waals surface area contributed by atoms with Gasteiger partial charge >= 0.3 is 0 Å². The predicted molar refractivity (Wildman–Crippen MR) is 117 cm³/mol. The fraction of sp³-hybridized carbons (Fsp3) is 0.217. The molecule has 2 aromatic heterocycles. The number of pyridine rings is 1. The summed E-state index contributed by atoms with van der Waals surface area (Å²) in [4.78, 5) is 35.8. The largest absolute Gasteiger partial charge is 0.342 e. The molecule has 154 valence electrons. The van der Waals surface area contributed by atoms with Crippen molar-refractivity contribution >= 4 is 22.8 Å². The molecule has 1 unspecified atom stereocenters. The van der Waals surface area contributed by atoms with Crippen LogP contribution >= 0.6 is 0 Å². The molecule has 1 atom stereocenters. The van der Waals surface area contributed by atoms with E-state index in [0.717, 1.165) is 11.0 Å². The third-order valence-electron chi connectivity index (χ3n) is 4.71. The average Bonchev–Trinajstić information content (AvgIpc) is 3.12. The molecule has 7 heteroatoms. The van der Waals surface area contributed by atoms with Crippen LogP contribution in [0.1, 0.15) is 29.1 Å². The zero-order valence-corrected chi connectivity index (χ0v) is 17.0. The van der Waals surface area contributed by atoms with Gasteiger partial charge in [0, 0.05) is 31.0 Å². The lowest BCUT2D eigenvalue weighted by molar-refractivity contribution is -0.130. The van der Waals surface area contributed by atoms with Crippen LogP contribution in [0.5, 0.6) is 0 Å². The number of carbonyl (C=O) groups excluding carboxylic acids is 2. The number of carbonyl (C=O) groups is 2. The van der Waals surface area contributed by atoms with Gasteiger partial charge in [0.2, 0.25) is 5.91 Å². The van der Waals surface area contributed by atoms with Crippen molar-refractivity contribution in [3.63, 3.8) is 0 Å². The van der Waals surface area contributed by atoms with E-state index in [9.17, 15) is 9.59 Å². The second kappa shape index (κ2) is 9.65. The molecule has 1 N–H and O–H groups in total. The van der Waals surface area contributed by atoms with Gasteiger partial charge in [-0.25, -0.2) is 4.98 Å². The van der Waals surface area contributed by atoms with E-state index in [0.29, 0.717) is 24.5 Å². The van der Waals surface area contributed by atoms with Gasteiger partial charge in [-0.1, -0.05) is 24.3 Å². The zero-order chi connectivity index (χ0) is 21.5. The Morgan fingerprint density at radius 1 is 1.13 bits per heavy atom. The van der Waals surface area contributed by atoms with Gasteiger partial charge in [-0.05, 0) is 31.2 Å². The monoisotopic (exact) mass is 403 g/mol. The first kappa shape index (κ1) is 21.0. The maximum atomic E-state index is 12.9. The molecule has 3 aromatic rings. The summed E-state index contributed by atoms with van der Waals surface area (Å²) < 4.78 is 1.86. The van der Waals surface area contributed by atoms with E-state index in [4.69, 9.17) is 0 Å². The lowest BCUT2D eigenvalue weighted by atomic mass is 10.2. The molecule has 0 saturated carbocycles. The number of hydrogen-bond donors (Lipinski definition) is 1. The minimum atomic E-state index is -0.405. The number of benzene rings is 1. The number of aromatic nitrogens is 3. The highest BCUT2D eigenvalue weighted by atomic mass is 16.2. The van der Waals surface area contributed by atoms with Crippen molar-refractivity contribution in [3.05, 3.63) is 85.5 Å². The Kier molecular flexibility index (Phi) is 6.75. The summed E-state index contributed by atoms with van der Waals surface area (Å²) in [7, 11) is 0. The molecule has 3 rings (SSSR count). The maximum absolute atomic E-state index is 12.9. The Hall–Kier alpha value is -3.74. The Balaban J connectivity index is 1.91. The molecule has 0 fully saturated rings. The lowest BCUT2D eigenvalue weighted by Gasteiger charge is -2.21. The number of nitrogens with one attached hydrogen (secondary N) is 1. The topological polar surface area (TPSA) is 80.1 Å². The molecule has 0 bridgehead atoms. The first-order chi connectivity index (χ1) is 14.5. The van der Waals surface area contributed by atoms with Crippen LogP contribution in [-0.2, 0) is 11.3 Å². The highest BCUT2D eigenvalue weighted by Crippen LogP contribution is 2.21. The molecular formula is C23H25N5O2. The number of fused-ring (bicyclic) bond motifs is 1. The molecule has 1 aromatic carbocycles. The number of imidazole rings is 1. The van der Waals surface area contributed by atoms with E-state index in [2.05, 4.69) is 28.4 Å². The standard InChI is InChI=1S/C23H25N5O2/c1-4-14-27(15-5-2)21(29)16-28-20-9-7-6-8-19(20)26-22(28)17(3)25-23(30)18-10-12-24-13-11-18/h4-13,17H,1-2,14-16H2,3H3,(H,25,30). The molecule has 7 nitrogen and oxygen atoms in total. The van der Waals surface area contributed by atoms with E-state index in [1.165, 1.54) is 0 Å². The quantitative estimate of drug-likeness (QED) is 0.557. The predicted octanol–water partition coefficient (Wildman–Crippen LogP) is 3.12. The normalized spacial score (nSPS) is 11.6. The molecule has 2 amide bonds. The molecule has 0 spiro atoms. The lowest BCUT2D eigenvalue weighted by Crippen LogP contribution is -2.35. The van der Waals surface area contributed by atoms with Crippen molar-refractivity contribution in [1.82, 2.24) is 24.8 Å². The van der Waals surface area contributed by atoms with Crippen molar-refractivity contribution in [3.8, 4) is 0 Å². The summed E-state index contributed by atoms with van der Waals surface area (Å²) in [6, 6.07) is 10.5. The molecule has 0 aliphatic heterocycles. The number of nitrogens with zero attached hydrogens (tertiary/aromatic N) is 4. The molecule has 0 aliphatic rings. The first-order valence-electron chi connectivity index (χ1n) is 9.70. The summed E-state index contributed by atoms with van der Waals surface area (Å²) in [5.41, 5.74) is 2.12. The van der Waals surface area contributed by atoms with E-state index >= 15 is 0 Å². The summed E-state index contributed by atoms with van der Waals surface area (Å²) >= 11 is 0. The van der Waals surface area contributed by atoms with Crippen LogP contribution in [0, 0.1) is 0 Å². The SMILES string of the molecule is C=CCN(CC=C)C(=O)Cn1c(C(C)NC(=O)c2ccncc2)nc2ccccc21. The number of rotatable bonds is 9. The maximum Gasteiger partial charge on any atom is 0.251 e. The Bertz CT molecular complexity index is 1050. The molecule has 0 aliphatic carbocycles. The number of para-hydroxylation sites is 2.